The maximum Gasteiger partial charge on any atom is 0.331 e. The largest absolute Gasteiger partial charge is 0.369 e. The molecule has 2 atom stereocenters. The molecule has 17 heavy (non-hydrogen) atoms. The van der Waals surface area contributed by atoms with E-state index in [0.29, 0.717) is 5.92 Å². The topological polar surface area (TPSA) is 90.0 Å². The quantitative estimate of drug-likeness (QED) is 0.761. The Kier molecular flexibility index (Phi) is 2.14. The van der Waals surface area contributed by atoms with Gasteiger partial charge in [-0.2, -0.15) is 0 Å². The average Bonchev–Trinajstić information content (AvgIpc) is 3.03. The van der Waals surface area contributed by atoms with E-state index in [9.17, 15) is 15.0 Å². The first-order valence-electron chi connectivity index (χ1n) is 5.48. The molecule has 2 N–H and O–H groups in total. The lowest BCUT2D eigenvalue weighted by atomic mass is 10.3. The fourth-order valence-corrected chi connectivity index (χ4v) is 1.92. The summed E-state index contributed by atoms with van der Waals surface area (Å²) in [6.07, 6.45) is -0.430. The Balaban J connectivity index is 1.89. The van der Waals surface area contributed by atoms with Crippen LogP contribution in [0.4, 0.5) is 10.7 Å². The highest BCUT2D eigenvalue weighted by atomic mass is 16.5. The summed E-state index contributed by atoms with van der Waals surface area (Å²) in [4.78, 5) is 13.8. The molecule has 0 radical (unpaired) electrons. The van der Waals surface area contributed by atoms with Gasteiger partial charge in [-0.25, -0.2) is 9.69 Å². The Hall–Kier alpha value is -1.60. The Morgan fingerprint density at radius 2 is 2.12 bits per heavy atom. The van der Waals surface area contributed by atoms with E-state index >= 15 is 0 Å². The zero-order valence-electron chi connectivity index (χ0n) is 9.28. The molecule has 1 saturated carbocycles. The van der Waals surface area contributed by atoms with E-state index in [0.717, 1.165) is 28.3 Å². The molecule has 0 bridgehead atoms. The Morgan fingerprint density at radius 3 is 2.65 bits per heavy atom. The van der Waals surface area contributed by atoms with Gasteiger partial charge < -0.3 is 14.7 Å². The first-order valence-corrected chi connectivity index (χ1v) is 5.48. The first-order chi connectivity index (χ1) is 8.09. The van der Waals surface area contributed by atoms with Gasteiger partial charge in [0.1, 0.15) is 0 Å². The Bertz CT molecular complexity index is 456. The van der Waals surface area contributed by atoms with Crippen molar-refractivity contribution >= 4 is 11.9 Å². The summed E-state index contributed by atoms with van der Waals surface area (Å²) in [6.45, 7) is 0. The van der Waals surface area contributed by atoms with Crippen molar-refractivity contribution < 1.29 is 19.5 Å². The number of urea groups is 1. The van der Waals surface area contributed by atoms with Crippen LogP contribution in [0.3, 0.4) is 0 Å². The molecule has 1 aliphatic carbocycles. The SMILES string of the molecule is CN1C(=O)N(c2cc(C3CC3)no2)C(O)C1O. The minimum atomic E-state index is -1.33. The highest BCUT2D eigenvalue weighted by Crippen LogP contribution is 2.41. The zero-order chi connectivity index (χ0) is 12.2. The third-order valence-electron chi connectivity index (χ3n) is 3.18. The van der Waals surface area contributed by atoms with Crippen LogP contribution >= 0.6 is 0 Å². The number of carbonyl (C=O) groups is 1. The van der Waals surface area contributed by atoms with Crippen LogP contribution in [0.25, 0.3) is 0 Å². The van der Waals surface area contributed by atoms with Crippen LogP contribution in [0, 0.1) is 0 Å². The number of nitrogens with zero attached hydrogens (tertiary/aromatic N) is 3. The van der Waals surface area contributed by atoms with Gasteiger partial charge in [-0.3, -0.25) is 4.90 Å². The van der Waals surface area contributed by atoms with E-state index in [1.165, 1.54) is 7.05 Å². The maximum absolute atomic E-state index is 11.8. The van der Waals surface area contributed by atoms with Crippen molar-refractivity contribution in [1.29, 1.82) is 0 Å². The predicted molar refractivity (Wildman–Crippen MR) is 56.1 cm³/mol. The van der Waals surface area contributed by atoms with Crippen molar-refractivity contribution in [1.82, 2.24) is 10.1 Å². The fraction of sp³-hybridized carbons (Fsp3) is 0.600. The third kappa shape index (κ3) is 1.50. The van der Waals surface area contributed by atoms with Crippen LogP contribution in [-0.4, -0.2) is 45.8 Å². The molecule has 1 aromatic heterocycles. The number of carbonyl (C=O) groups excluding carboxylic acids is 1. The number of hydrogen-bond acceptors (Lipinski definition) is 5. The molecule has 1 aliphatic heterocycles. The number of aliphatic hydroxyl groups excluding tert-OH is 2. The second-order valence-corrected chi connectivity index (χ2v) is 4.45. The molecule has 7 heteroatoms. The second kappa shape index (κ2) is 3.44. The van der Waals surface area contributed by atoms with Crippen molar-refractivity contribution in [3.05, 3.63) is 11.8 Å². The van der Waals surface area contributed by atoms with E-state index in [4.69, 9.17) is 4.52 Å². The molecular weight excluding hydrogens is 226 g/mol. The molecule has 2 amide bonds. The number of aliphatic hydroxyl groups is 2. The monoisotopic (exact) mass is 239 g/mol. The van der Waals surface area contributed by atoms with Crippen LogP contribution in [-0.2, 0) is 0 Å². The van der Waals surface area contributed by atoms with Crippen LogP contribution in [0.5, 0.6) is 0 Å². The van der Waals surface area contributed by atoms with Gasteiger partial charge in [0, 0.05) is 19.0 Å². The van der Waals surface area contributed by atoms with Crippen molar-refractivity contribution in [2.45, 2.75) is 31.2 Å². The standard InChI is InChI=1S/C10H13N3O4/c1-12-8(14)9(15)13(10(12)16)7-4-6(11-17-7)5-2-3-5/h4-5,8-9,14-15H,2-3H2,1H3. The number of hydrogen-bond donors (Lipinski definition) is 2. The highest BCUT2D eigenvalue weighted by Gasteiger charge is 2.45. The lowest BCUT2D eigenvalue weighted by Crippen LogP contribution is -2.36. The van der Waals surface area contributed by atoms with Gasteiger partial charge in [-0.15, -0.1) is 0 Å². The van der Waals surface area contributed by atoms with Gasteiger partial charge in [0.15, 0.2) is 12.5 Å². The smallest absolute Gasteiger partial charge is 0.331 e. The fourth-order valence-electron chi connectivity index (χ4n) is 1.92. The van der Waals surface area contributed by atoms with Crippen molar-refractivity contribution in [3.8, 4) is 0 Å². The minimum Gasteiger partial charge on any atom is -0.369 e. The Labute approximate surface area is 97.2 Å². The molecule has 7 nitrogen and oxygen atoms in total. The van der Waals surface area contributed by atoms with Crippen LogP contribution in [0.15, 0.2) is 10.6 Å². The molecular formula is C10H13N3O4. The van der Waals surface area contributed by atoms with Gasteiger partial charge in [-0.05, 0) is 12.8 Å². The van der Waals surface area contributed by atoms with Gasteiger partial charge in [0.25, 0.3) is 0 Å². The molecule has 1 aromatic rings. The van der Waals surface area contributed by atoms with Gasteiger partial charge >= 0.3 is 6.03 Å². The molecule has 0 aromatic carbocycles. The van der Waals surface area contributed by atoms with E-state index in [2.05, 4.69) is 5.16 Å². The lowest BCUT2D eigenvalue weighted by molar-refractivity contribution is -0.0190. The summed E-state index contributed by atoms with van der Waals surface area (Å²) < 4.78 is 5.04. The zero-order valence-corrected chi connectivity index (χ0v) is 9.28. The lowest BCUT2D eigenvalue weighted by Gasteiger charge is -2.14. The minimum absolute atomic E-state index is 0.174. The summed E-state index contributed by atoms with van der Waals surface area (Å²) in [5.41, 5.74) is 0.795. The van der Waals surface area contributed by atoms with Crippen LogP contribution < -0.4 is 4.90 Å². The summed E-state index contributed by atoms with van der Waals surface area (Å²) in [5.74, 6) is 0.581. The molecule has 92 valence electrons. The predicted octanol–water partition coefficient (Wildman–Crippen LogP) is 0.0606. The van der Waals surface area contributed by atoms with E-state index < -0.39 is 18.5 Å². The molecule has 0 spiro atoms. The van der Waals surface area contributed by atoms with Crippen molar-refractivity contribution in [2.75, 3.05) is 11.9 Å². The average molecular weight is 239 g/mol. The van der Waals surface area contributed by atoms with Crippen LogP contribution in [0.2, 0.25) is 0 Å². The summed E-state index contributed by atoms with van der Waals surface area (Å²) >= 11 is 0. The highest BCUT2D eigenvalue weighted by molar-refractivity contribution is 5.93. The first kappa shape index (κ1) is 10.5. The molecule has 2 aliphatic rings. The Morgan fingerprint density at radius 1 is 1.41 bits per heavy atom. The third-order valence-corrected chi connectivity index (χ3v) is 3.18. The van der Waals surface area contributed by atoms with E-state index in [1.807, 2.05) is 0 Å². The number of anilines is 1. The summed E-state index contributed by atoms with van der Waals surface area (Å²) in [7, 11) is 1.41. The second-order valence-electron chi connectivity index (χ2n) is 4.45. The number of rotatable bonds is 2. The molecule has 2 unspecified atom stereocenters. The van der Waals surface area contributed by atoms with Gasteiger partial charge in [0.05, 0.1) is 5.69 Å². The van der Waals surface area contributed by atoms with E-state index in [1.54, 1.807) is 6.07 Å². The maximum atomic E-state index is 11.8. The van der Waals surface area contributed by atoms with Crippen molar-refractivity contribution in [2.24, 2.45) is 0 Å². The van der Waals surface area contributed by atoms with Gasteiger partial charge in [-0.1, -0.05) is 5.16 Å². The molecule has 3 rings (SSSR count). The number of amides is 2. The molecule has 2 heterocycles. The normalized spacial score (nSPS) is 29.2. The number of aromatic nitrogens is 1. The van der Waals surface area contributed by atoms with Gasteiger partial charge in [0.2, 0.25) is 5.88 Å². The molecule has 2 fully saturated rings. The molecule has 1 saturated heterocycles. The van der Waals surface area contributed by atoms with Crippen molar-refractivity contribution in [3.63, 3.8) is 0 Å². The summed E-state index contributed by atoms with van der Waals surface area (Å²) in [6, 6.07) is 1.13. The van der Waals surface area contributed by atoms with Crippen LogP contribution in [0.1, 0.15) is 24.5 Å². The number of likely N-dealkylation sites (N-methyl/N-ethyl adjacent to an activating group) is 1. The summed E-state index contributed by atoms with van der Waals surface area (Å²) in [5, 5.41) is 23.2. The van der Waals surface area contributed by atoms with E-state index in [-0.39, 0.29) is 5.88 Å².